The first-order chi connectivity index (χ1) is 18.1. The van der Waals surface area contributed by atoms with Crippen molar-refractivity contribution in [1.29, 1.82) is 0 Å². The maximum absolute atomic E-state index is 8.58. The van der Waals surface area contributed by atoms with Gasteiger partial charge in [-0.1, -0.05) is 17.7 Å². The van der Waals surface area contributed by atoms with Crippen LogP contribution in [0.5, 0.6) is 17.2 Å². The summed E-state index contributed by atoms with van der Waals surface area (Å²) in [6.07, 6.45) is 10.7. The number of primary amides is 1. The van der Waals surface area contributed by atoms with Crippen molar-refractivity contribution in [2.45, 2.75) is 57.5 Å². The SMILES string of the molecule is COc1ccc(CCCN2CCCC2)cc1OC.Clc1cc(N2CCCC2)ccc1OC1CC1.NC=O. The zero-order chi connectivity index (χ0) is 26.5. The third-order valence-electron chi connectivity index (χ3n) is 6.79. The Hall–Kier alpha value is -2.64. The molecule has 2 aromatic carbocycles. The number of amides is 1. The maximum Gasteiger partial charge on any atom is 0.204 e. The molecule has 5 rings (SSSR count). The van der Waals surface area contributed by atoms with Gasteiger partial charge in [-0.05, 0) is 107 Å². The fourth-order valence-electron chi connectivity index (χ4n) is 4.67. The van der Waals surface area contributed by atoms with E-state index in [2.05, 4.69) is 33.7 Å². The van der Waals surface area contributed by atoms with Gasteiger partial charge < -0.3 is 29.7 Å². The third kappa shape index (κ3) is 9.63. The Morgan fingerprint density at radius 3 is 2.14 bits per heavy atom. The summed E-state index contributed by atoms with van der Waals surface area (Å²) in [4.78, 5) is 13.5. The molecule has 1 saturated carbocycles. The van der Waals surface area contributed by atoms with Crippen molar-refractivity contribution in [1.82, 2.24) is 4.90 Å². The van der Waals surface area contributed by atoms with Gasteiger partial charge in [-0.3, -0.25) is 4.79 Å². The molecule has 0 atom stereocenters. The number of carbonyl (C=O) groups excluding carboxylic acids is 1. The highest BCUT2D eigenvalue weighted by Crippen LogP contribution is 2.35. The van der Waals surface area contributed by atoms with Gasteiger partial charge in [0.15, 0.2) is 11.5 Å². The molecule has 1 amide bonds. The van der Waals surface area contributed by atoms with Crippen molar-refractivity contribution < 1.29 is 19.0 Å². The number of aryl methyl sites for hydroxylation is 1. The summed E-state index contributed by atoms with van der Waals surface area (Å²) < 4.78 is 16.3. The Labute approximate surface area is 226 Å². The van der Waals surface area contributed by atoms with Gasteiger partial charge in [-0.25, -0.2) is 0 Å². The second-order valence-electron chi connectivity index (χ2n) is 9.60. The maximum atomic E-state index is 8.58. The Morgan fingerprint density at radius 2 is 1.54 bits per heavy atom. The summed E-state index contributed by atoms with van der Waals surface area (Å²) in [6.45, 7) is 6.09. The lowest BCUT2D eigenvalue weighted by molar-refractivity contribution is -0.106. The minimum absolute atomic E-state index is 0.250. The summed E-state index contributed by atoms with van der Waals surface area (Å²) >= 11 is 6.23. The van der Waals surface area contributed by atoms with Crippen LogP contribution < -0.4 is 24.8 Å². The van der Waals surface area contributed by atoms with Crippen molar-refractivity contribution in [3.8, 4) is 17.2 Å². The van der Waals surface area contributed by atoms with Gasteiger partial charge in [0.1, 0.15) is 5.75 Å². The van der Waals surface area contributed by atoms with E-state index in [-0.39, 0.29) is 6.41 Å². The van der Waals surface area contributed by atoms with E-state index in [4.69, 9.17) is 30.6 Å². The predicted octanol–water partition coefficient (Wildman–Crippen LogP) is 5.32. The van der Waals surface area contributed by atoms with E-state index >= 15 is 0 Å². The number of ether oxygens (including phenoxy) is 3. The number of carbonyl (C=O) groups is 1. The molecule has 204 valence electrons. The Kier molecular flexibility index (Phi) is 12.2. The molecule has 0 radical (unpaired) electrons. The third-order valence-corrected chi connectivity index (χ3v) is 7.09. The van der Waals surface area contributed by atoms with Crippen molar-refractivity contribution in [3.05, 3.63) is 47.0 Å². The minimum Gasteiger partial charge on any atom is -0.493 e. The van der Waals surface area contributed by atoms with Crippen LogP contribution in [0.2, 0.25) is 5.02 Å². The van der Waals surface area contributed by atoms with Crippen molar-refractivity contribution in [2.75, 3.05) is 51.8 Å². The first kappa shape index (κ1) is 28.9. The van der Waals surface area contributed by atoms with Crippen LogP contribution in [0.25, 0.3) is 0 Å². The van der Waals surface area contributed by atoms with Crippen LogP contribution in [0, 0.1) is 0 Å². The Morgan fingerprint density at radius 1 is 0.919 bits per heavy atom. The molecule has 2 aromatic rings. The lowest BCUT2D eigenvalue weighted by Gasteiger charge is -2.18. The molecule has 1 aliphatic carbocycles. The highest BCUT2D eigenvalue weighted by atomic mass is 35.5. The number of halogens is 1. The van der Waals surface area contributed by atoms with Gasteiger partial charge in [-0.2, -0.15) is 0 Å². The molecule has 37 heavy (non-hydrogen) atoms. The molecule has 0 aromatic heterocycles. The lowest BCUT2D eigenvalue weighted by atomic mass is 10.1. The van der Waals surface area contributed by atoms with Crippen LogP contribution in [0.4, 0.5) is 5.69 Å². The topological polar surface area (TPSA) is 77.3 Å². The molecule has 2 heterocycles. The van der Waals surface area contributed by atoms with Gasteiger partial charge >= 0.3 is 0 Å². The molecular weight excluding hydrogens is 490 g/mol. The summed E-state index contributed by atoms with van der Waals surface area (Å²) in [7, 11) is 3.36. The molecule has 0 unspecified atom stereocenters. The number of rotatable bonds is 9. The summed E-state index contributed by atoms with van der Waals surface area (Å²) in [5, 5.41) is 0.747. The molecule has 2 aliphatic heterocycles. The van der Waals surface area contributed by atoms with Gasteiger partial charge in [0.25, 0.3) is 0 Å². The molecule has 7 nitrogen and oxygen atoms in total. The molecule has 8 heteroatoms. The number of nitrogens with zero attached hydrogens (tertiary/aromatic N) is 2. The zero-order valence-corrected chi connectivity index (χ0v) is 23.0. The van der Waals surface area contributed by atoms with Crippen LogP contribution in [-0.2, 0) is 11.2 Å². The van der Waals surface area contributed by atoms with Crippen molar-refractivity contribution >= 4 is 23.7 Å². The zero-order valence-electron chi connectivity index (χ0n) is 22.3. The summed E-state index contributed by atoms with van der Waals surface area (Å²) in [5.41, 5.74) is 6.72. The number of nitrogens with two attached hydrogens (primary N) is 1. The normalized spacial score (nSPS) is 16.8. The molecule has 2 saturated heterocycles. The van der Waals surface area contributed by atoms with Crippen molar-refractivity contribution in [3.63, 3.8) is 0 Å². The molecule has 0 spiro atoms. The highest BCUT2D eigenvalue weighted by molar-refractivity contribution is 6.32. The number of anilines is 1. The van der Waals surface area contributed by atoms with Crippen LogP contribution in [0.3, 0.4) is 0 Å². The predicted molar refractivity (Wildman–Crippen MR) is 150 cm³/mol. The fraction of sp³-hybridized carbons (Fsp3) is 0.552. The van der Waals surface area contributed by atoms with E-state index in [1.54, 1.807) is 14.2 Å². The van der Waals surface area contributed by atoms with E-state index in [9.17, 15) is 0 Å². The smallest absolute Gasteiger partial charge is 0.204 e. The molecule has 3 aliphatic rings. The number of benzene rings is 2. The summed E-state index contributed by atoms with van der Waals surface area (Å²) in [5.74, 6) is 2.48. The molecule has 2 N–H and O–H groups in total. The number of likely N-dealkylation sites (tertiary alicyclic amines) is 1. The average molecular weight is 532 g/mol. The van der Waals surface area contributed by atoms with Crippen LogP contribution >= 0.6 is 11.6 Å². The average Bonchev–Trinajstić information content (AvgIpc) is 3.33. The van der Waals surface area contributed by atoms with E-state index in [1.165, 1.54) is 75.8 Å². The number of hydrogen-bond donors (Lipinski definition) is 1. The first-order valence-electron chi connectivity index (χ1n) is 13.4. The monoisotopic (exact) mass is 531 g/mol. The number of methoxy groups -OCH3 is 2. The molecular formula is C29H42ClN3O4. The Bertz CT molecular complexity index is 958. The van der Waals surface area contributed by atoms with E-state index in [1.807, 2.05) is 18.2 Å². The quantitative estimate of drug-likeness (QED) is 0.441. The standard InChI is InChI=1S/C15H23NO2.C13H16ClNO.CH3NO/c1-17-14-8-7-13(12-15(14)18-2)6-5-11-16-9-3-4-10-16;14-12-9-10(15-7-1-2-8-15)3-6-13(12)16-11-4-5-11;2-1-3/h7-8,12H,3-6,9-11H2,1-2H3;3,6,9,11H,1-2,4-5,7-8H2;1H,(H2,2,3). The van der Waals surface area contributed by atoms with Gasteiger partial charge in [-0.15, -0.1) is 0 Å². The Balaban J connectivity index is 0.000000187. The second kappa shape index (κ2) is 15.6. The number of hydrogen-bond acceptors (Lipinski definition) is 6. The minimum atomic E-state index is 0.250. The van der Waals surface area contributed by atoms with E-state index in [0.717, 1.165) is 41.8 Å². The van der Waals surface area contributed by atoms with Crippen LogP contribution in [-0.4, -0.2) is 64.4 Å². The van der Waals surface area contributed by atoms with E-state index < -0.39 is 0 Å². The van der Waals surface area contributed by atoms with Gasteiger partial charge in [0.05, 0.1) is 25.3 Å². The largest absolute Gasteiger partial charge is 0.493 e. The molecule has 0 bridgehead atoms. The fourth-order valence-corrected chi connectivity index (χ4v) is 4.89. The van der Waals surface area contributed by atoms with Crippen molar-refractivity contribution in [2.24, 2.45) is 5.73 Å². The van der Waals surface area contributed by atoms with E-state index in [0.29, 0.717) is 6.10 Å². The lowest BCUT2D eigenvalue weighted by Crippen LogP contribution is -2.20. The van der Waals surface area contributed by atoms with Crippen LogP contribution in [0.1, 0.15) is 50.5 Å². The molecule has 3 fully saturated rings. The highest BCUT2D eigenvalue weighted by Gasteiger charge is 2.24. The first-order valence-corrected chi connectivity index (χ1v) is 13.8. The van der Waals surface area contributed by atoms with Gasteiger partial charge in [0, 0.05) is 18.8 Å². The van der Waals surface area contributed by atoms with Gasteiger partial charge in [0.2, 0.25) is 6.41 Å². The van der Waals surface area contributed by atoms with Crippen LogP contribution in [0.15, 0.2) is 36.4 Å². The second-order valence-corrected chi connectivity index (χ2v) is 10.0. The summed E-state index contributed by atoms with van der Waals surface area (Å²) in [6, 6.07) is 12.4.